The van der Waals surface area contributed by atoms with Gasteiger partial charge in [-0.3, -0.25) is 9.59 Å². The van der Waals surface area contributed by atoms with Crippen molar-refractivity contribution in [3.05, 3.63) is 23.8 Å². The van der Waals surface area contributed by atoms with Crippen LogP contribution in [0.15, 0.2) is 23.8 Å². The summed E-state index contributed by atoms with van der Waals surface area (Å²) >= 11 is 0. The maximum atomic E-state index is 13.4. The molecule has 3 saturated carbocycles. The molecule has 2 aliphatic heterocycles. The molecule has 4 bridgehead atoms. The molecule has 198 valence electrons. The molecular formula is C25H32O11. The Morgan fingerprint density at radius 3 is 2.64 bits per heavy atom. The average Bonchev–Trinajstić information content (AvgIpc) is 3.27. The number of aliphatic hydroxyl groups is 5. The molecule has 5 fully saturated rings. The predicted octanol–water partition coefficient (Wildman–Crippen LogP) is -1.15. The highest BCUT2D eigenvalue weighted by molar-refractivity contribution is 5.85. The first-order valence-electron chi connectivity index (χ1n) is 12.4. The van der Waals surface area contributed by atoms with Crippen LogP contribution in [0.1, 0.15) is 32.6 Å². The van der Waals surface area contributed by atoms with Gasteiger partial charge < -0.3 is 44.8 Å². The van der Waals surface area contributed by atoms with Crippen molar-refractivity contribution in [1.82, 2.24) is 0 Å². The SMILES string of the molecule is C=C1CC23CC1(O)CCC2C1=CC2OC(=O)C(C)(C2OC2OC(CO)C(O)C(O)C2O)C1C3C(=O)O. The molecule has 6 aliphatic rings. The molecule has 11 nitrogen and oxygen atoms in total. The van der Waals surface area contributed by atoms with Gasteiger partial charge in [-0.1, -0.05) is 12.2 Å². The Labute approximate surface area is 207 Å². The molecule has 0 aromatic heterocycles. The van der Waals surface area contributed by atoms with Gasteiger partial charge in [0.05, 0.1) is 18.1 Å². The Balaban J connectivity index is 1.40. The molecule has 0 radical (unpaired) electrons. The standard InChI is InChI=1S/C25H32O11/c1-9-6-24-8-25(9,33)4-3-11(24)10-5-12-19(23(2,22(32)35-12)14(10)15(24)20(30)31)36-21-18(29)17(28)16(27)13(7-26)34-21/h5,11-19,21,26-29,33H,1,3-4,6-8H2,2H3,(H,30,31). The number of rotatable bonds is 4. The van der Waals surface area contributed by atoms with Gasteiger partial charge in [0, 0.05) is 5.92 Å². The highest BCUT2D eigenvalue weighted by Gasteiger charge is 2.76. The number of ether oxygens (including phenoxy) is 3. The number of hydrogen-bond donors (Lipinski definition) is 6. The van der Waals surface area contributed by atoms with Crippen LogP contribution in [0.3, 0.4) is 0 Å². The molecule has 6 rings (SSSR count). The molecule has 11 heteroatoms. The van der Waals surface area contributed by atoms with E-state index in [4.69, 9.17) is 14.2 Å². The Morgan fingerprint density at radius 1 is 1.25 bits per heavy atom. The zero-order valence-corrected chi connectivity index (χ0v) is 19.8. The van der Waals surface area contributed by atoms with Crippen LogP contribution in [-0.4, -0.2) is 97.7 Å². The van der Waals surface area contributed by atoms with Crippen LogP contribution >= 0.6 is 0 Å². The fourth-order valence-corrected chi connectivity index (χ4v) is 8.38. The summed E-state index contributed by atoms with van der Waals surface area (Å²) in [5.74, 6) is -3.65. The summed E-state index contributed by atoms with van der Waals surface area (Å²) in [5.41, 5.74) is -1.91. The number of carboxylic acid groups (broad SMARTS) is 1. The summed E-state index contributed by atoms with van der Waals surface area (Å²) in [6.45, 7) is 5.01. The van der Waals surface area contributed by atoms with Crippen molar-refractivity contribution in [3.8, 4) is 0 Å². The largest absolute Gasteiger partial charge is 0.481 e. The first-order valence-corrected chi connectivity index (χ1v) is 12.4. The van der Waals surface area contributed by atoms with E-state index in [1.165, 1.54) is 0 Å². The highest BCUT2D eigenvalue weighted by Crippen LogP contribution is 2.74. The molecule has 4 aliphatic carbocycles. The molecule has 36 heavy (non-hydrogen) atoms. The van der Waals surface area contributed by atoms with Gasteiger partial charge in [-0.15, -0.1) is 0 Å². The molecule has 13 unspecified atom stereocenters. The molecule has 6 N–H and O–H groups in total. The zero-order chi connectivity index (χ0) is 25.9. The summed E-state index contributed by atoms with van der Waals surface area (Å²) in [4.78, 5) is 26.2. The summed E-state index contributed by atoms with van der Waals surface area (Å²) < 4.78 is 17.2. The average molecular weight is 509 g/mol. The highest BCUT2D eigenvalue weighted by atomic mass is 16.7. The Bertz CT molecular complexity index is 1050. The number of fused-ring (bicyclic) bond motifs is 6. The topological polar surface area (TPSA) is 183 Å². The summed E-state index contributed by atoms with van der Waals surface area (Å²) in [5, 5.41) is 62.0. The van der Waals surface area contributed by atoms with E-state index in [-0.39, 0.29) is 12.3 Å². The van der Waals surface area contributed by atoms with Crippen LogP contribution in [0.4, 0.5) is 0 Å². The maximum Gasteiger partial charge on any atom is 0.315 e. The normalized spacial score (nSPS) is 55.1. The van der Waals surface area contributed by atoms with Gasteiger partial charge in [0.2, 0.25) is 0 Å². The van der Waals surface area contributed by atoms with Gasteiger partial charge in [0.25, 0.3) is 0 Å². The third-order valence-electron chi connectivity index (χ3n) is 10.0. The Kier molecular flexibility index (Phi) is 5.16. The lowest BCUT2D eigenvalue weighted by molar-refractivity contribution is -0.320. The predicted molar refractivity (Wildman–Crippen MR) is 118 cm³/mol. The van der Waals surface area contributed by atoms with Crippen LogP contribution in [0.2, 0.25) is 0 Å². The van der Waals surface area contributed by atoms with Crippen molar-refractivity contribution in [2.75, 3.05) is 6.61 Å². The first kappa shape index (κ1) is 24.5. The number of carbonyl (C=O) groups excluding carboxylic acids is 1. The van der Waals surface area contributed by atoms with Crippen LogP contribution < -0.4 is 0 Å². The van der Waals surface area contributed by atoms with E-state index in [1.54, 1.807) is 13.0 Å². The minimum Gasteiger partial charge on any atom is -0.481 e. The molecule has 0 amide bonds. The number of carbonyl (C=O) groups is 2. The fraction of sp³-hybridized carbons (Fsp3) is 0.760. The Hall–Kier alpha value is -1.86. The van der Waals surface area contributed by atoms with Gasteiger partial charge >= 0.3 is 11.9 Å². The molecule has 1 spiro atoms. The van der Waals surface area contributed by atoms with Crippen LogP contribution in [-0.2, 0) is 23.8 Å². The van der Waals surface area contributed by atoms with Crippen LogP contribution in [0.25, 0.3) is 0 Å². The summed E-state index contributed by atoms with van der Waals surface area (Å²) in [6, 6.07) is 0. The van der Waals surface area contributed by atoms with Crippen LogP contribution in [0.5, 0.6) is 0 Å². The van der Waals surface area contributed by atoms with Gasteiger partial charge in [0.1, 0.15) is 42.0 Å². The van der Waals surface area contributed by atoms with Gasteiger partial charge in [0.15, 0.2) is 6.29 Å². The van der Waals surface area contributed by atoms with Crippen molar-refractivity contribution in [2.45, 2.75) is 81.1 Å². The lowest BCUT2D eigenvalue weighted by Crippen LogP contribution is -2.61. The number of esters is 1. The monoisotopic (exact) mass is 508 g/mol. The first-order chi connectivity index (χ1) is 16.9. The molecule has 0 aromatic rings. The minimum atomic E-state index is -1.68. The minimum absolute atomic E-state index is 0.160. The van der Waals surface area contributed by atoms with E-state index in [0.29, 0.717) is 24.8 Å². The van der Waals surface area contributed by atoms with Crippen molar-refractivity contribution >= 4 is 11.9 Å². The fourth-order valence-electron chi connectivity index (χ4n) is 8.38. The van der Waals surface area contributed by atoms with Crippen molar-refractivity contribution in [1.29, 1.82) is 0 Å². The smallest absolute Gasteiger partial charge is 0.315 e. The van der Waals surface area contributed by atoms with Crippen molar-refractivity contribution in [2.24, 2.45) is 28.6 Å². The third kappa shape index (κ3) is 2.82. The molecule has 2 heterocycles. The second-order valence-corrected chi connectivity index (χ2v) is 11.7. The third-order valence-corrected chi connectivity index (χ3v) is 10.0. The van der Waals surface area contributed by atoms with Crippen LogP contribution in [0, 0.1) is 28.6 Å². The van der Waals surface area contributed by atoms with E-state index >= 15 is 0 Å². The van der Waals surface area contributed by atoms with E-state index < -0.39 is 89.7 Å². The second kappa shape index (κ2) is 7.59. The number of aliphatic carboxylic acids is 1. The van der Waals surface area contributed by atoms with Gasteiger partial charge in [-0.05, 0) is 55.6 Å². The number of carboxylic acids is 1. The van der Waals surface area contributed by atoms with Gasteiger partial charge in [-0.2, -0.15) is 0 Å². The molecule has 2 saturated heterocycles. The maximum absolute atomic E-state index is 13.4. The lowest BCUT2D eigenvalue weighted by Gasteiger charge is -2.45. The van der Waals surface area contributed by atoms with E-state index in [1.807, 2.05) is 0 Å². The molecular weight excluding hydrogens is 476 g/mol. The lowest BCUT2D eigenvalue weighted by atomic mass is 9.61. The second-order valence-electron chi connectivity index (χ2n) is 11.7. The van der Waals surface area contributed by atoms with E-state index in [9.17, 15) is 40.2 Å². The number of allylic oxidation sites excluding steroid dienone is 1. The van der Waals surface area contributed by atoms with E-state index in [2.05, 4.69) is 6.58 Å². The van der Waals surface area contributed by atoms with E-state index in [0.717, 1.165) is 5.57 Å². The quantitative estimate of drug-likeness (QED) is 0.199. The zero-order valence-electron chi connectivity index (χ0n) is 19.8. The van der Waals surface area contributed by atoms with Crippen molar-refractivity contribution in [3.63, 3.8) is 0 Å². The number of hydrogen-bond acceptors (Lipinski definition) is 10. The molecule has 0 aromatic carbocycles. The number of aliphatic hydroxyl groups excluding tert-OH is 4. The summed E-state index contributed by atoms with van der Waals surface area (Å²) in [7, 11) is 0. The summed E-state index contributed by atoms with van der Waals surface area (Å²) in [6.07, 6.45) is -6.15. The van der Waals surface area contributed by atoms with Crippen molar-refractivity contribution < 1.29 is 54.4 Å². The Morgan fingerprint density at radius 2 is 1.97 bits per heavy atom. The molecule has 13 atom stereocenters. The van der Waals surface area contributed by atoms with Gasteiger partial charge in [-0.25, -0.2) is 0 Å².